The lowest BCUT2D eigenvalue weighted by atomic mass is 9.84. The van der Waals surface area contributed by atoms with Crippen LogP contribution in [0.3, 0.4) is 0 Å². The molecule has 0 radical (unpaired) electrons. The van der Waals surface area contributed by atoms with Crippen LogP contribution in [0.15, 0.2) is 18.2 Å². The average molecular weight is 231 g/mol. The predicted octanol–water partition coefficient (Wildman–Crippen LogP) is 1.83. The van der Waals surface area contributed by atoms with Gasteiger partial charge in [0.15, 0.2) is 0 Å². The lowest BCUT2D eigenvalue weighted by Gasteiger charge is -2.33. The summed E-state index contributed by atoms with van der Waals surface area (Å²) in [6.07, 6.45) is 6.33. The van der Waals surface area contributed by atoms with Crippen molar-refractivity contribution in [2.45, 2.75) is 44.1 Å². The fourth-order valence-electron chi connectivity index (χ4n) is 3.29. The fourth-order valence-corrected chi connectivity index (χ4v) is 3.29. The first-order chi connectivity index (χ1) is 8.27. The van der Waals surface area contributed by atoms with Gasteiger partial charge in [0.05, 0.1) is 5.60 Å². The van der Waals surface area contributed by atoms with E-state index in [1.165, 1.54) is 36.0 Å². The Morgan fingerprint density at radius 3 is 2.82 bits per heavy atom. The molecule has 1 saturated heterocycles. The van der Waals surface area contributed by atoms with Crippen molar-refractivity contribution in [2.75, 3.05) is 13.1 Å². The maximum absolute atomic E-state index is 10.6. The third-order valence-corrected chi connectivity index (χ3v) is 4.30. The minimum atomic E-state index is -0.469. The number of fused-ring (bicyclic) bond motifs is 1. The highest BCUT2D eigenvalue weighted by atomic mass is 16.3. The van der Waals surface area contributed by atoms with Crippen LogP contribution in [-0.2, 0) is 19.3 Å². The summed E-state index contributed by atoms with van der Waals surface area (Å²) in [5, 5.41) is 13.9. The molecule has 0 atom stereocenters. The van der Waals surface area contributed by atoms with E-state index >= 15 is 0 Å². The second kappa shape index (κ2) is 4.43. The fraction of sp³-hybridized carbons (Fsp3) is 0.600. The number of piperidine rings is 1. The van der Waals surface area contributed by atoms with Crippen molar-refractivity contribution < 1.29 is 5.11 Å². The van der Waals surface area contributed by atoms with Crippen molar-refractivity contribution in [3.63, 3.8) is 0 Å². The van der Waals surface area contributed by atoms with Crippen molar-refractivity contribution in [3.05, 3.63) is 34.9 Å². The molecule has 0 aromatic heterocycles. The molecule has 1 fully saturated rings. The first kappa shape index (κ1) is 11.2. The van der Waals surface area contributed by atoms with E-state index in [0.717, 1.165) is 32.4 Å². The Morgan fingerprint density at radius 1 is 1.18 bits per heavy atom. The largest absolute Gasteiger partial charge is 0.389 e. The highest BCUT2D eigenvalue weighted by molar-refractivity contribution is 5.39. The Labute approximate surface area is 103 Å². The molecule has 3 rings (SSSR count). The average Bonchev–Trinajstić information content (AvgIpc) is 2.79. The third-order valence-electron chi connectivity index (χ3n) is 4.30. The van der Waals surface area contributed by atoms with Crippen LogP contribution >= 0.6 is 0 Å². The lowest BCUT2D eigenvalue weighted by molar-refractivity contribution is 0.0107. The first-order valence-electron chi connectivity index (χ1n) is 6.80. The van der Waals surface area contributed by atoms with Gasteiger partial charge in [0.25, 0.3) is 0 Å². The van der Waals surface area contributed by atoms with E-state index in [0.29, 0.717) is 0 Å². The molecule has 1 aromatic rings. The Bertz CT molecular complexity index is 407. The number of hydrogen-bond donors (Lipinski definition) is 2. The molecule has 0 bridgehead atoms. The zero-order valence-electron chi connectivity index (χ0n) is 10.3. The van der Waals surface area contributed by atoms with E-state index in [2.05, 4.69) is 23.5 Å². The molecule has 2 heteroatoms. The molecule has 2 nitrogen and oxygen atoms in total. The number of aryl methyl sites for hydroxylation is 1. The Hall–Kier alpha value is -0.860. The highest BCUT2D eigenvalue weighted by Crippen LogP contribution is 2.30. The number of nitrogens with one attached hydrogen (secondary N) is 1. The van der Waals surface area contributed by atoms with Crippen molar-refractivity contribution in [1.29, 1.82) is 0 Å². The molecule has 2 N–H and O–H groups in total. The summed E-state index contributed by atoms with van der Waals surface area (Å²) in [6.45, 7) is 1.90. The normalized spacial score (nSPS) is 22.4. The molecule has 1 heterocycles. The van der Waals surface area contributed by atoms with Crippen LogP contribution in [0.2, 0.25) is 0 Å². The summed E-state index contributed by atoms with van der Waals surface area (Å²) in [4.78, 5) is 0. The molecule has 0 amide bonds. The van der Waals surface area contributed by atoms with Crippen molar-refractivity contribution in [1.82, 2.24) is 5.32 Å². The molecule has 0 unspecified atom stereocenters. The number of hydrogen-bond acceptors (Lipinski definition) is 2. The van der Waals surface area contributed by atoms with Gasteiger partial charge < -0.3 is 10.4 Å². The predicted molar refractivity (Wildman–Crippen MR) is 69.2 cm³/mol. The quantitative estimate of drug-likeness (QED) is 0.814. The van der Waals surface area contributed by atoms with E-state index < -0.39 is 5.60 Å². The van der Waals surface area contributed by atoms with Gasteiger partial charge in [0.2, 0.25) is 0 Å². The SMILES string of the molecule is OC1(Cc2cccc3c2CCC3)CCNCC1. The van der Waals surface area contributed by atoms with E-state index in [-0.39, 0.29) is 0 Å². The van der Waals surface area contributed by atoms with Crippen LogP contribution in [0.5, 0.6) is 0 Å². The molecule has 1 aromatic carbocycles. The maximum atomic E-state index is 10.6. The maximum Gasteiger partial charge on any atom is 0.0712 e. The molecular formula is C15H21NO. The third kappa shape index (κ3) is 2.24. The van der Waals surface area contributed by atoms with Crippen molar-refractivity contribution >= 4 is 0 Å². The van der Waals surface area contributed by atoms with E-state index in [4.69, 9.17) is 0 Å². The zero-order chi connectivity index (χ0) is 11.7. The van der Waals surface area contributed by atoms with Gasteiger partial charge in [-0.25, -0.2) is 0 Å². The summed E-state index contributed by atoms with van der Waals surface area (Å²) >= 11 is 0. The summed E-state index contributed by atoms with van der Waals surface area (Å²) in [5.74, 6) is 0. The molecule has 0 spiro atoms. The zero-order valence-corrected chi connectivity index (χ0v) is 10.3. The van der Waals surface area contributed by atoms with Crippen LogP contribution in [0, 0.1) is 0 Å². The van der Waals surface area contributed by atoms with Crippen LogP contribution in [0.25, 0.3) is 0 Å². The van der Waals surface area contributed by atoms with Crippen molar-refractivity contribution in [3.8, 4) is 0 Å². The van der Waals surface area contributed by atoms with Gasteiger partial charge in [-0.2, -0.15) is 0 Å². The number of rotatable bonds is 2. The Balaban J connectivity index is 1.83. The van der Waals surface area contributed by atoms with Crippen LogP contribution < -0.4 is 5.32 Å². The summed E-state index contributed by atoms with van der Waals surface area (Å²) in [5.41, 5.74) is 3.96. The van der Waals surface area contributed by atoms with Gasteiger partial charge in [-0.15, -0.1) is 0 Å². The standard InChI is InChI=1S/C15H21NO/c17-15(7-9-16-10-8-15)11-13-5-1-3-12-4-2-6-14(12)13/h1,3,5,16-17H,2,4,6-11H2. The minimum Gasteiger partial charge on any atom is -0.389 e. The summed E-state index contributed by atoms with van der Waals surface area (Å²) < 4.78 is 0. The van der Waals surface area contributed by atoms with Crippen LogP contribution in [0.4, 0.5) is 0 Å². The second-order valence-corrected chi connectivity index (χ2v) is 5.56. The molecule has 17 heavy (non-hydrogen) atoms. The molecular weight excluding hydrogens is 210 g/mol. The van der Waals surface area contributed by atoms with Gasteiger partial charge >= 0.3 is 0 Å². The number of aliphatic hydroxyl groups is 1. The topological polar surface area (TPSA) is 32.3 Å². The summed E-state index contributed by atoms with van der Waals surface area (Å²) in [7, 11) is 0. The molecule has 1 aliphatic heterocycles. The molecule has 1 aliphatic carbocycles. The van der Waals surface area contributed by atoms with Crippen LogP contribution in [0.1, 0.15) is 36.0 Å². The lowest BCUT2D eigenvalue weighted by Crippen LogP contribution is -2.43. The van der Waals surface area contributed by atoms with Gasteiger partial charge in [-0.05, 0) is 61.9 Å². The number of benzene rings is 1. The van der Waals surface area contributed by atoms with Gasteiger partial charge in [0.1, 0.15) is 0 Å². The van der Waals surface area contributed by atoms with E-state index in [1.54, 1.807) is 0 Å². The van der Waals surface area contributed by atoms with Gasteiger partial charge in [-0.3, -0.25) is 0 Å². The van der Waals surface area contributed by atoms with Crippen molar-refractivity contribution in [2.24, 2.45) is 0 Å². The van der Waals surface area contributed by atoms with Gasteiger partial charge in [-0.1, -0.05) is 18.2 Å². The van der Waals surface area contributed by atoms with E-state index in [9.17, 15) is 5.11 Å². The Kier molecular flexibility index (Phi) is 2.93. The molecule has 92 valence electrons. The molecule has 0 saturated carbocycles. The smallest absolute Gasteiger partial charge is 0.0712 e. The van der Waals surface area contributed by atoms with Gasteiger partial charge in [0, 0.05) is 6.42 Å². The summed E-state index contributed by atoms with van der Waals surface area (Å²) in [6, 6.07) is 6.62. The highest BCUT2D eigenvalue weighted by Gasteiger charge is 2.30. The first-order valence-corrected chi connectivity index (χ1v) is 6.80. The monoisotopic (exact) mass is 231 g/mol. The van der Waals surface area contributed by atoms with E-state index in [1.807, 2.05) is 0 Å². The minimum absolute atomic E-state index is 0.469. The second-order valence-electron chi connectivity index (χ2n) is 5.56. The Morgan fingerprint density at radius 2 is 2.00 bits per heavy atom. The van der Waals surface area contributed by atoms with Crippen LogP contribution in [-0.4, -0.2) is 23.8 Å². The molecule has 2 aliphatic rings.